The Kier molecular flexibility index (Phi) is 5.97. The maximum atomic E-state index is 13.1. The van der Waals surface area contributed by atoms with Crippen LogP contribution in [0.5, 0.6) is 0 Å². The molecule has 2 aliphatic heterocycles. The first-order chi connectivity index (χ1) is 14.6. The van der Waals surface area contributed by atoms with E-state index in [-0.39, 0.29) is 23.2 Å². The number of carbonyl (C=O) groups is 1. The molecule has 3 N–H and O–H groups in total. The number of carbonyl (C=O) groups excluding carboxylic acids is 1. The predicted molar refractivity (Wildman–Crippen MR) is 109 cm³/mol. The zero-order valence-corrected chi connectivity index (χ0v) is 18.5. The number of hydrogen-bond donors (Lipinski definition) is 3. The van der Waals surface area contributed by atoms with Gasteiger partial charge >= 0.3 is 13.7 Å². The summed E-state index contributed by atoms with van der Waals surface area (Å²) >= 11 is 5.15. The van der Waals surface area contributed by atoms with Gasteiger partial charge in [0.1, 0.15) is 29.6 Å². The van der Waals surface area contributed by atoms with Gasteiger partial charge in [-0.3, -0.25) is 28.5 Å². The zero-order chi connectivity index (χ0) is 22.4. The van der Waals surface area contributed by atoms with E-state index in [2.05, 4.69) is 16.7 Å². The van der Waals surface area contributed by atoms with Crippen LogP contribution in [-0.2, 0) is 27.9 Å². The van der Waals surface area contributed by atoms with Crippen molar-refractivity contribution in [3.05, 3.63) is 39.7 Å². The molecule has 1 aliphatic carbocycles. The number of aliphatic hydroxyl groups is 1. The fraction of sp³-hybridized carbons (Fsp3) is 0.611. The van der Waals surface area contributed by atoms with E-state index in [1.165, 1.54) is 23.8 Å². The number of hydrogen-bond acceptors (Lipinski definition) is 9. The third kappa shape index (κ3) is 4.41. The molecule has 13 heteroatoms. The summed E-state index contributed by atoms with van der Waals surface area (Å²) in [6, 6.07) is 1.24. The Balaban J connectivity index is 1.47. The van der Waals surface area contributed by atoms with Gasteiger partial charge in [0.25, 0.3) is 5.56 Å². The minimum atomic E-state index is -4.04. The van der Waals surface area contributed by atoms with Crippen molar-refractivity contribution in [1.82, 2.24) is 14.6 Å². The lowest BCUT2D eigenvalue weighted by Crippen LogP contribution is -2.48. The first kappa shape index (κ1) is 22.4. The molecule has 0 amide bonds. The third-order valence-corrected chi connectivity index (χ3v) is 7.43. The minimum Gasteiger partial charge on any atom is -0.458 e. The second kappa shape index (κ2) is 8.27. The molecule has 0 bridgehead atoms. The lowest BCUT2D eigenvalue weighted by atomic mass is 9.96. The number of H-pyrrole nitrogens is 1. The average Bonchev–Trinajstić information content (AvgIpc) is 3.28. The number of nitrogens with zero attached hydrogens (tertiary/aromatic N) is 1. The molecule has 3 aliphatic rings. The lowest BCUT2D eigenvalue weighted by molar-refractivity contribution is -0.144. The molecule has 170 valence electrons. The molecule has 31 heavy (non-hydrogen) atoms. The van der Waals surface area contributed by atoms with Crippen LogP contribution in [0.2, 0.25) is 0 Å². The van der Waals surface area contributed by atoms with Crippen molar-refractivity contribution in [2.24, 2.45) is 0 Å². The van der Waals surface area contributed by atoms with Crippen molar-refractivity contribution in [2.75, 3.05) is 6.61 Å². The Hall–Kier alpha value is -1.82. The highest BCUT2D eigenvalue weighted by molar-refractivity contribution is 7.71. The van der Waals surface area contributed by atoms with Gasteiger partial charge < -0.3 is 14.6 Å². The molecule has 0 radical (unpaired) electrons. The summed E-state index contributed by atoms with van der Waals surface area (Å²) in [6.45, 7) is 4.84. The number of nitrogens with one attached hydrogen (secondary N) is 2. The average molecular weight is 473 g/mol. The number of fused-ring (bicyclic) bond motifs is 1. The summed E-state index contributed by atoms with van der Waals surface area (Å²) in [5, 5.41) is 13.5. The molecule has 1 aromatic rings. The van der Waals surface area contributed by atoms with Crippen molar-refractivity contribution in [1.29, 1.82) is 0 Å². The standard InChI is InChI=1S/C18H24N3O8PS/c1-10(15(23)27-11-5-3-4-6-11)20-30(25)26-9-12-14(29-30)18(2,24)16(28-12)21-8-7-13(22)19-17(21)31/h7-8,11-12,14,16,24H,1,3-6,9H2,2H3,(H,20,25)(H,19,22,31)/t12-,14?,16-,18?,30?/m1/s1. The Bertz CT molecular complexity index is 1050. The molecule has 3 unspecified atom stereocenters. The van der Waals surface area contributed by atoms with Gasteiger partial charge in [-0.05, 0) is 44.8 Å². The molecule has 1 aromatic heterocycles. The molecule has 0 aromatic carbocycles. The van der Waals surface area contributed by atoms with Crippen molar-refractivity contribution in [2.45, 2.75) is 62.7 Å². The number of ether oxygens (including phenoxy) is 2. The maximum Gasteiger partial charge on any atom is 0.433 e. The Morgan fingerprint density at radius 1 is 1.48 bits per heavy atom. The molecule has 3 heterocycles. The van der Waals surface area contributed by atoms with Crippen molar-refractivity contribution >= 4 is 25.9 Å². The summed E-state index contributed by atoms with van der Waals surface area (Å²) in [7, 11) is -4.04. The summed E-state index contributed by atoms with van der Waals surface area (Å²) in [5.74, 6) is -0.733. The molecule has 4 rings (SSSR count). The van der Waals surface area contributed by atoms with E-state index in [9.17, 15) is 19.3 Å². The summed E-state index contributed by atoms with van der Waals surface area (Å²) < 4.78 is 36.6. The van der Waals surface area contributed by atoms with Gasteiger partial charge in [-0.1, -0.05) is 6.58 Å². The van der Waals surface area contributed by atoms with Gasteiger partial charge in [0.2, 0.25) is 0 Å². The largest absolute Gasteiger partial charge is 0.458 e. The van der Waals surface area contributed by atoms with E-state index in [4.69, 9.17) is 30.7 Å². The summed E-state index contributed by atoms with van der Waals surface area (Å²) in [5.41, 5.74) is -2.34. The first-order valence-corrected chi connectivity index (χ1v) is 11.8. The van der Waals surface area contributed by atoms with E-state index in [1.807, 2.05) is 0 Å². The highest BCUT2D eigenvalue weighted by Gasteiger charge is 2.59. The highest BCUT2D eigenvalue weighted by atomic mass is 32.1. The lowest BCUT2D eigenvalue weighted by Gasteiger charge is -2.36. The normalized spacial score (nSPS) is 35.5. The fourth-order valence-electron chi connectivity index (χ4n) is 4.00. The van der Waals surface area contributed by atoms with Gasteiger partial charge in [-0.25, -0.2) is 9.36 Å². The Morgan fingerprint density at radius 2 is 2.19 bits per heavy atom. The molecule has 0 spiro atoms. The third-order valence-electron chi connectivity index (χ3n) is 5.58. The summed E-state index contributed by atoms with van der Waals surface area (Å²) in [4.78, 5) is 26.1. The van der Waals surface area contributed by atoms with Crippen LogP contribution in [0.3, 0.4) is 0 Å². The van der Waals surface area contributed by atoms with Gasteiger partial charge in [-0.2, -0.15) is 0 Å². The van der Waals surface area contributed by atoms with Crippen LogP contribution in [0, 0.1) is 4.77 Å². The van der Waals surface area contributed by atoms with Crippen LogP contribution in [0.15, 0.2) is 29.3 Å². The van der Waals surface area contributed by atoms with Crippen molar-refractivity contribution in [3.63, 3.8) is 0 Å². The number of rotatable bonds is 5. The second-order valence-corrected chi connectivity index (χ2v) is 10.1. The highest BCUT2D eigenvalue weighted by Crippen LogP contribution is 2.56. The van der Waals surface area contributed by atoms with E-state index >= 15 is 0 Å². The number of aromatic amines is 1. The molecule has 3 fully saturated rings. The monoisotopic (exact) mass is 473 g/mol. The Labute approximate surface area is 182 Å². The molecule has 11 nitrogen and oxygen atoms in total. The molecular formula is C18H24N3O8PS. The van der Waals surface area contributed by atoms with Crippen LogP contribution >= 0.6 is 20.0 Å². The van der Waals surface area contributed by atoms with Crippen LogP contribution < -0.4 is 10.6 Å². The zero-order valence-electron chi connectivity index (χ0n) is 16.8. The van der Waals surface area contributed by atoms with Gasteiger partial charge in [0, 0.05) is 12.3 Å². The van der Waals surface area contributed by atoms with E-state index in [1.54, 1.807) is 0 Å². The van der Waals surface area contributed by atoms with Crippen LogP contribution in [0.1, 0.15) is 38.8 Å². The minimum absolute atomic E-state index is 0.0432. The first-order valence-electron chi connectivity index (χ1n) is 9.89. The number of esters is 1. The van der Waals surface area contributed by atoms with Gasteiger partial charge in [-0.15, -0.1) is 0 Å². The van der Waals surface area contributed by atoms with Crippen molar-refractivity contribution in [3.8, 4) is 0 Å². The molecular weight excluding hydrogens is 449 g/mol. The summed E-state index contributed by atoms with van der Waals surface area (Å²) in [6.07, 6.45) is 1.87. The topological polar surface area (TPSA) is 141 Å². The predicted octanol–water partition coefficient (Wildman–Crippen LogP) is 1.67. The van der Waals surface area contributed by atoms with E-state index in [0.29, 0.717) is 0 Å². The number of aromatic nitrogens is 2. The van der Waals surface area contributed by atoms with Gasteiger partial charge in [0.15, 0.2) is 11.0 Å². The smallest absolute Gasteiger partial charge is 0.433 e. The molecule has 1 saturated carbocycles. The second-order valence-electron chi connectivity index (χ2n) is 7.99. The maximum absolute atomic E-state index is 13.1. The van der Waals surface area contributed by atoms with E-state index < -0.39 is 43.3 Å². The van der Waals surface area contributed by atoms with Gasteiger partial charge in [0.05, 0.1) is 6.61 Å². The molecule has 2 saturated heterocycles. The Morgan fingerprint density at radius 3 is 2.87 bits per heavy atom. The van der Waals surface area contributed by atoms with Crippen molar-refractivity contribution < 1.29 is 33.0 Å². The quantitative estimate of drug-likeness (QED) is 0.250. The van der Waals surface area contributed by atoms with Crippen LogP contribution in [0.4, 0.5) is 0 Å². The van der Waals surface area contributed by atoms with Crippen LogP contribution in [-0.4, -0.2) is 51.1 Å². The fourth-order valence-corrected chi connectivity index (χ4v) is 5.85. The SMILES string of the molecule is C=C(NP1(=O)OC[C@H]2O[C@@H](n3ccc(=O)[nH]c3=S)C(C)(O)C2O1)C(=O)OC1CCCC1. The molecule has 5 atom stereocenters. The van der Waals surface area contributed by atoms with E-state index in [0.717, 1.165) is 25.7 Å². The van der Waals surface area contributed by atoms with Crippen LogP contribution in [0.25, 0.3) is 0 Å².